The Morgan fingerprint density at radius 2 is 1.95 bits per heavy atom. The summed E-state index contributed by atoms with van der Waals surface area (Å²) in [7, 11) is -3.48. The van der Waals surface area contributed by atoms with E-state index in [9.17, 15) is 8.42 Å². The van der Waals surface area contributed by atoms with Gasteiger partial charge in [0.05, 0.1) is 8.68 Å². The van der Waals surface area contributed by atoms with Crippen LogP contribution in [0.15, 0.2) is 43.5 Å². The molecule has 102 valence electrons. The normalized spacial score (nSPS) is 11.7. The van der Waals surface area contributed by atoms with E-state index in [1.807, 2.05) is 24.3 Å². The second kappa shape index (κ2) is 6.05. The lowest BCUT2D eigenvalue weighted by atomic mass is 10.2. The molecule has 3 nitrogen and oxygen atoms in total. The summed E-state index contributed by atoms with van der Waals surface area (Å²) >= 11 is 8.11. The molecule has 2 aromatic rings. The maximum atomic E-state index is 12.2. The predicted molar refractivity (Wildman–Crippen MR) is 84.9 cm³/mol. The van der Waals surface area contributed by atoms with Crippen molar-refractivity contribution in [1.82, 2.24) is 4.72 Å². The SMILES string of the molecule is Cc1sc(Br)cc1S(=O)(=O)NCc1ccccc1Br. The number of benzene rings is 1. The lowest BCUT2D eigenvalue weighted by molar-refractivity contribution is 0.581. The summed E-state index contributed by atoms with van der Waals surface area (Å²) in [5.41, 5.74) is 0.901. The number of hydrogen-bond acceptors (Lipinski definition) is 3. The summed E-state index contributed by atoms with van der Waals surface area (Å²) in [6, 6.07) is 9.16. The van der Waals surface area contributed by atoms with Crippen molar-refractivity contribution in [1.29, 1.82) is 0 Å². The molecule has 2 rings (SSSR count). The standard InChI is InChI=1S/C12H11Br2NO2S2/c1-8-11(6-12(14)18-8)19(16,17)15-7-9-4-2-3-5-10(9)13/h2-6,15H,7H2,1H3. The van der Waals surface area contributed by atoms with Crippen LogP contribution >= 0.6 is 43.2 Å². The van der Waals surface area contributed by atoms with Crippen molar-refractivity contribution in [2.24, 2.45) is 0 Å². The van der Waals surface area contributed by atoms with Gasteiger partial charge in [-0.1, -0.05) is 34.1 Å². The van der Waals surface area contributed by atoms with Crippen LogP contribution in [0.3, 0.4) is 0 Å². The van der Waals surface area contributed by atoms with Crippen molar-refractivity contribution in [3.05, 3.63) is 49.0 Å². The highest BCUT2D eigenvalue weighted by atomic mass is 79.9. The van der Waals surface area contributed by atoms with Gasteiger partial charge in [-0.25, -0.2) is 13.1 Å². The van der Waals surface area contributed by atoms with Crippen LogP contribution in [0.5, 0.6) is 0 Å². The molecule has 1 heterocycles. The molecule has 0 unspecified atom stereocenters. The molecule has 0 amide bonds. The molecule has 0 bridgehead atoms. The molecule has 1 N–H and O–H groups in total. The van der Waals surface area contributed by atoms with E-state index < -0.39 is 10.0 Å². The molecule has 0 fully saturated rings. The Hall–Kier alpha value is -0.210. The molecule has 0 aliphatic heterocycles. The average Bonchev–Trinajstić information content (AvgIpc) is 2.68. The molecular formula is C12H11Br2NO2S2. The van der Waals surface area contributed by atoms with Crippen LogP contribution in [0.25, 0.3) is 0 Å². The lowest BCUT2D eigenvalue weighted by Crippen LogP contribution is -2.23. The van der Waals surface area contributed by atoms with Crippen LogP contribution in [0.4, 0.5) is 0 Å². The number of sulfonamides is 1. The minimum atomic E-state index is -3.48. The van der Waals surface area contributed by atoms with Crippen molar-refractivity contribution in [3.8, 4) is 0 Å². The number of nitrogens with one attached hydrogen (secondary N) is 1. The molecule has 7 heteroatoms. The molecule has 0 aliphatic rings. The number of thiophene rings is 1. The Kier molecular flexibility index (Phi) is 4.84. The third kappa shape index (κ3) is 3.66. The van der Waals surface area contributed by atoms with Gasteiger partial charge in [0.15, 0.2) is 0 Å². The van der Waals surface area contributed by atoms with Gasteiger partial charge in [-0.15, -0.1) is 11.3 Å². The van der Waals surface area contributed by atoms with Crippen molar-refractivity contribution >= 4 is 53.2 Å². The van der Waals surface area contributed by atoms with Crippen molar-refractivity contribution in [2.75, 3.05) is 0 Å². The molecule has 0 saturated carbocycles. The quantitative estimate of drug-likeness (QED) is 0.804. The third-order valence-electron chi connectivity index (χ3n) is 2.54. The van der Waals surface area contributed by atoms with Gasteiger partial charge in [0.1, 0.15) is 0 Å². The molecule has 1 aromatic carbocycles. The maximum absolute atomic E-state index is 12.2. The molecular weight excluding hydrogens is 414 g/mol. The fraction of sp³-hybridized carbons (Fsp3) is 0.167. The zero-order chi connectivity index (χ0) is 14.0. The molecule has 0 atom stereocenters. The van der Waals surface area contributed by atoms with E-state index in [0.29, 0.717) is 4.90 Å². The zero-order valence-electron chi connectivity index (χ0n) is 9.98. The molecule has 0 aliphatic carbocycles. The average molecular weight is 425 g/mol. The Bertz CT molecular complexity index is 696. The van der Waals surface area contributed by atoms with Crippen LogP contribution < -0.4 is 4.72 Å². The summed E-state index contributed by atoms with van der Waals surface area (Å²) < 4.78 is 28.7. The van der Waals surface area contributed by atoms with Crippen LogP contribution in [0.2, 0.25) is 0 Å². The van der Waals surface area contributed by atoms with Crippen LogP contribution in [-0.2, 0) is 16.6 Å². The molecule has 1 aromatic heterocycles. The molecule has 19 heavy (non-hydrogen) atoms. The van der Waals surface area contributed by atoms with E-state index in [2.05, 4.69) is 36.6 Å². The predicted octanol–water partition coefficient (Wildman–Crippen LogP) is 4.06. The highest BCUT2D eigenvalue weighted by Gasteiger charge is 2.19. The van der Waals surface area contributed by atoms with Gasteiger partial charge in [-0.05, 0) is 40.5 Å². The van der Waals surface area contributed by atoms with Gasteiger partial charge < -0.3 is 0 Å². The summed E-state index contributed by atoms with van der Waals surface area (Å²) in [6.07, 6.45) is 0. The van der Waals surface area contributed by atoms with Gasteiger partial charge in [-0.3, -0.25) is 0 Å². The monoisotopic (exact) mass is 423 g/mol. The van der Waals surface area contributed by atoms with Crippen molar-refractivity contribution in [3.63, 3.8) is 0 Å². The van der Waals surface area contributed by atoms with Gasteiger partial charge in [0.25, 0.3) is 0 Å². The lowest BCUT2D eigenvalue weighted by Gasteiger charge is -2.07. The number of halogens is 2. The van der Waals surface area contributed by atoms with Crippen LogP contribution in [-0.4, -0.2) is 8.42 Å². The summed E-state index contributed by atoms with van der Waals surface area (Å²) in [5, 5.41) is 0. The molecule has 0 spiro atoms. The first-order chi connectivity index (χ1) is 8.90. The minimum absolute atomic E-state index is 0.261. The number of rotatable bonds is 4. The molecule has 0 radical (unpaired) electrons. The minimum Gasteiger partial charge on any atom is -0.207 e. The third-order valence-corrected chi connectivity index (χ3v) is 6.53. The Morgan fingerprint density at radius 1 is 1.26 bits per heavy atom. The summed E-state index contributed by atoms with van der Waals surface area (Å²) in [5.74, 6) is 0. The number of aryl methyl sites for hydroxylation is 1. The Labute approximate surface area is 133 Å². The fourth-order valence-corrected chi connectivity index (χ4v) is 5.43. The van der Waals surface area contributed by atoms with E-state index >= 15 is 0 Å². The van der Waals surface area contributed by atoms with Crippen LogP contribution in [0.1, 0.15) is 10.4 Å². The summed E-state index contributed by atoms with van der Waals surface area (Å²) in [4.78, 5) is 1.10. The first kappa shape index (κ1) is 15.2. The Morgan fingerprint density at radius 3 is 2.53 bits per heavy atom. The maximum Gasteiger partial charge on any atom is 0.242 e. The second-order valence-corrected chi connectivity index (χ2v) is 9.11. The number of hydrogen-bond donors (Lipinski definition) is 1. The van der Waals surface area contributed by atoms with E-state index in [4.69, 9.17) is 0 Å². The van der Waals surface area contributed by atoms with E-state index in [-0.39, 0.29) is 6.54 Å². The van der Waals surface area contributed by atoms with Crippen LogP contribution in [0, 0.1) is 6.92 Å². The van der Waals surface area contributed by atoms with E-state index in [1.165, 1.54) is 11.3 Å². The fourth-order valence-electron chi connectivity index (χ4n) is 1.59. The highest BCUT2D eigenvalue weighted by molar-refractivity contribution is 9.11. The largest absolute Gasteiger partial charge is 0.242 e. The van der Waals surface area contributed by atoms with Crippen molar-refractivity contribution in [2.45, 2.75) is 18.4 Å². The van der Waals surface area contributed by atoms with Gasteiger partial charge in [0.2, 0.25) is 10.0 Å². The van der Waals surface area contributed by atoms with Gasteiger partial charge in [-0.2, -0.15) is 0 Å². The zero-order valence-corrected chi connectivity index (χ0v) is 14.8. The second-order valence-electron chi connectivity index (χ2n) is 3.89. The first-order valence-electron chi connectivity index (χ1n) is 5.39. The molecule has 0 saturated heterocycles. The highest BCUT2D eigenvalue weighted by Crippen LogP contribution is 2.29. The van der Waals surface area contributed by atoms with E-state index in [0.717, 1.165) is 18.7 Å². The smallest absolute Gasteiger partial charge is 0.207 e. The van der Waals surface area contributed by atoms with E-state index in [1.54, 1.807) is 13.0 Å². The van der Waals surface area contributed by atoms with Gasteiger partial charge in [0, 0.05) is 15.9 Å². The van der Waals surface area contributed by atoms with Crippen molar-refractivity contribution < 1.29 is 8.42 Å². The Balaban J connectivity index is 2.19. The van der Waals surface area contributed by atoms with Gasteiger partial charge >= 0.3 is 0 Å². The summed E-state index contributed by atoms with van der Waals surface area (Å²) in [6.45, 7) is 2.05. The first-order valence-corrected chi connectivity index (χ1v) is 9.28. The topological polar surface area (TPSA) is 46.2 Å².